The van der Waals surface area contributed by atoms with Crippen LogP contribution in [0.5, 0.6) is 5.75 Å². The van der Waals surface area contributed by atoms with Crippen molar-refractivity contribution in [3.63, 3.8) is 0 Å². The lowest BCUT2D eigenvalue weighted by Gasteiger charge is -2.04. The molecule has 0 aliphatic rings. The molecule has 0 saturated carbocycles. The van der Waals surface area contributed by atoms with Crippen molar-refractivity contribution in [2.24, 2.45) is 5.73 Å². The Morgan fingerprint density at radius 2 is 1.93 bits per heavy atom. The topological polar surface area (TPSA) is 35.2 Å². The predicted molar refractivity (Wildman–Crippen MR) is 59.3 cm³/mol. The van der Waals surface area contributed by atoms with Crippen LogP contribution in [-0.2, 0) is 6.54 Å². The monoisotopic (exact) mass is 191 g/mol. The van der Waals surface area contributed by atoms with Crippen LogP contribution in [0, 0.1) is 0 Å². The summed E-state index contributed by atoms with van der Waals surface area (Å²) in [5.74, 6) is 0.889. The van der Waals surface area contributed by atoms with E-state index in [2.05, 4.69) is 19.9 Å². The molecule has 0 heterocycles. The Kier molecular flexibility index (Phi) is 4.20. The van der Waals surface area contributed by atoms with E-state index in [1.54, 1.807) is 0 Å². The Balaban J connectivity index is 2.48. The van der Waals surface area contributed by atoms with Gasteiger partial charge in [0.1, 0.15) is 12.4 Å². The van der Waals surface area contributed by atoms with Crippen LogP contribution in [0.15, 0.2) is 35.9 Å². The van der Waals surface area contributed by atoms with Gasteiger partial charge < -0.3 is 10.5 Å². The summed E-state index contributed by atoms with van der Waals surface area (Å²) in [5.41, 5.74) is 7.88. The highest BCUT2D eigenvalue weighted by Crippen LogP contribution is 2.11. The van der Waals surface area contributed by atoms with E-state index in [0.717, 1.165) is 11.3 Å². The van der Waals surface area contributed by atoms with Gasteiger partial charge in [-0.3, -0.25) is 0 Å². The minimum Gasteiger partial charge on any atom is -0.490 e. The molecule has 0 atom stereocenters. The van der Waals surface area contributed by atoms with Crippen molar-refractivity contribution >= 4 is 0 Å². The molecule has 0 bridgehead atoms. The van der Waals surface area contributed by atoms with E-state index in [0.29, 0.717) is 13.2 Å². The van der Waals surface area contributed by atoms with E-state index in [1.807, 2.05) is 24.3 Å². The van der Waals surface area contributed by atoms with E-state index in [-0.39, 0.29) is 0 Å². The lowest BCUT2D eigenvalue weighted by atomic mass is 10.2. The Bertz CT molecular complexity index is 297. The van der Waals surface area contributed by atoms with Gasteiger partial charge >= 0.3 is 0 Å². The number of nitrogens with two attached hydrogens (primary N) is 1. The fourth-order valence-electron chi connectivity index (χ4n) is 1.03. The smallest absolute Gasteiger partial charge is 0.119 e. The van der Waals surface area contributed by atoms with E-state index in [1.165, 1.54) is 5.57 Å². The summed E-state index contributed by atoms with van der Waals surface area (Å²) in [6.07, 6.45) is 2.05. The number of ether oxygens (including phenoxy) is 1. The van der Waals surface area contributed by atoms with Gasteiger partial charge in [-0.25, -0.2) is 0 Å². The van der Waals surface area contributed by atoms with Crippen LogP contribution < -0.4 is 10.5 Å². The molecule has 76 valence electrons. The quantitative estimate of drug-likeness (QED) is 0.742. The van der Waals surface area contributed by atoms with Crippen LogP contribution in [0.25, 0.3) is 0 Å². The Labute approximate surface area is 85.4 Å². The van der Waals surface area contributed by atoms with Crippen LogP contribution in [0.2, 0.25) is 0 Å². The number of hydrogen-bond donors (Lipinski definition) is 1. The van der Waals surface area contributed by atoms with Crippen LogP contribution in [0.4, 0.5) is 0 Å². The van der Waals surface area contributed by atoms with Gasteiger partial charge in [0.05, 0.1) is 0 Å². The molecule has 0 fully saturated rings. The molecule has 2 heteroatoms. The van der Waals surface area contributed by atoms with Gasteiger partial charge in [-0.1, -0.05) is 17.7 Å². The molecule has 0 aromatic heterocycles. The highest BCUT2D eigenvalue weighted by atomic mass is 16.5. The molecule has 0 radical (unpaired) electrons. The SMILES string of the molecule is CC(C)=CCOc1ccc(CN)cc1. The molecule has 0 aliphatic carbocycles. The molecule has 0 unspecified atom stereocenters. The van der Waals surface area contributed by atoms with E-state index < -0.39 is 0 Å². The Hall–Kier alpha value is -1.28. The van der Waals surface area contributed by atoms with Crippen molar-refractivity contribution in [1.29, 1.82) is 0 Å². The first-order chi connectivity index (χ1) is 6.72. The second-order valence-electron chi connectivity index (χ2n) is 3.44. The molecule has 1 rings (SSSR count). The molecule has 1 aromatic rings. The van der Waals surface area contributed by atoms with Gasteiger partial charge in [0.15, 0.2) is 0 Å². The number of allylic oxidation sites excluding steroid dienone is 1. The highest BCUT2D eigenvalue weighted by molar-refractivity contribution is 5.27. The molecular weight excluding hydrogens is 174 g/mol. The lowest BCUT2D eigenvalue weighted by molar-refractivity contribution is 0.362. The van der Waals surface area contributed by atoms with Crippen molar-refractivity contribution in [3.05, 3.63) is 41.5 Å². The minimum atomic E-state index is 0.578. The largest absolute Gasteiger partial charge is 0.490 e. The third-order valence-corrected chi connectivity index (χ3v) is 1.90. The van der Waals surface area contributed by atoms with Gasteiger partial charge in [0.25, 0.3) is 0 Å². The average Bonchev–Trinajstić information content (AvgIpc) is 2.18. The Morgan fingerprint density at radius 3 is 2.43 bits per heavy atom. The molecule has 2 nitrogen and oxygen atoms in total. The van der Waals surface area contributed by atoms with Crippen molar-refractivity contribution in [1.82, 2.24) is 0 Å². The normalized spacial score (nSPS) is 9.64. The number of hydrogen-bond acceptors (Lipinski definition) is 2. The zero-order chi connectivity index (χ0) is 10.4. The molecule has 0 saturated heterocycles. The summed E-state index contributed by atoms with van der Waals surface area (Å²) in [5, 5.41) is 0. The summed E-state index contributed by atoms with van der Waals surface area (Å²) >= 11 is 0. The molecule has 0 amide bonds. The second kappa shape index (κ2) is 5.45. The summed E-state index contributed by atoms with van der Waals surface area (Å²) in [6, 6.07) is 7.86. The average molecular weight is 191 g/mol. The molecule has 0 aliphatic heterocycles. The molecule has 14 heavy (non-hydrogen) atoms. The lowest BCUT2D eigenvalue weighted by Crippen LogP contribution is -1.97. The zero-order valence-electron chi connectivity index (χ0n) is 8.79. The maximum atomic E-state index is 5.50. The van der Waals surface area contributed by atoms with Crippen molar-refractivity contribution in [3.8, 4) is 5.75 Å². The van der Waals surface area contributed by atoms with Gasteiger partial charge in [0, 0.05) is 6.54 Å². The van der Waals surface area contributed by atoms with Gasteiger partial charge in [0.2, 0.25) is 0 Å². The number of benzene rings is 1. The molecule has 0 spiro atoms. The van der Waals surface area contributed by atoms with E-state index in [4.69, 9.17) is 10.5 Å². The molecule has 2 N–H and O–H groups in total. The van der Waals surface area contributed by atoms with Crippen molar-refractivity contribution in [2.45, 2.75) is 20.4 Å². The standard InChI is InChI=1S/C12H17NO/c1-10(2)7-8-14-12-5-3-11(9-13)4-6-12/h3-7H,8-9,13H2,1-2H3. The third-order valence-electron chi connectivity index (χ3n) is 1.90. The fraction of sp³-hybridized carbons (Fsp3) is 0.333. The summed E-state index contributed by atoms with van der Waals surface area (Å²) in [4.78, 5) is 0. The molecular formula is C12H17NO. The third kappa shape index (κ3) is 3.62. The zero-order valence-corrected chi connectivity index (χ0v) is 8.79. The van der Waals surface area contributed by atoms with E-state index in [9.17, 15) is 0 Å². The van der Waals surface area contributed by atoms with Crippen LogP contribution in [-0.4, -0.2) is 6.61 Å². The van der Waals surface area contributed by atoms with Crippen molar-refractivity contribution in [2.75, 3.05) is 6.61 Å². The van der Waals surface area contributed by atoms with Crippen LogP contribution in [0.1, 0.15) is 19.4 Å². The van der Waals surface area contributed by atoms with Crippen LogP contribution >= 0.6 is 0 Å². The van der Waals surface area contributed by atoms with Crippen LogP contribution in [0.3, 0.4) is 0 Å². The maximum absolute atomic E-state index is 5.50. The number of rotatable bonds is 4. The molecule has 1 aromatic carbocycles. The Morgan fingerprint density at radius 1 is 1.29 bits per heavy atom. The van der Waals surface area contributed by atoms with Gasteiger partial charge in [-0.2, -0.15) is 0 Å². The maximum Gasteiger partial charge on any atom is 0.119 e. The highest BCUT2D eigenvalue weighted by Gasteiger charge is 1.92. The fourth-order valence-corrected chi connectivity index (χ4v) is 1.03. The second-order valence-corrected chi connectivity index (χ2v) is 3.44. The summed E-state index contributed by atoms with van der Waals surface area (Å²) in [6.45, 7) is 5.32. The first kappa shape index (κ1) is 10.8. The minimum absolute atomic E-state index is 0.578. The van der Waals surface area contributed by atoms with Gasteiger partial charge in [-0.05, 0) is 37.6 Å². The summed E-state index contributed by atoms with van der Waals surface area (Å²) in [7, 11) is 0. The first-order valence-electron chi connectivity index (χ1n) is 4.77. The van der Waals surface area contributed by atoms with Gasteiger partial charge in [-0.15, -0.1) is 0 Å². The summed E-state index contributed by atoms with van der Waals surface area (Å²) < 4.78 is 5.50. The predicted octanol–water partition coefficient (Wildman–Crippen LogP) is 2.49. The van der Waals surface area contributed by atoms with E-state index >= 15 is 0 Å². The first-order valence-corrected chi connectivity index (χ1v) is 4.77. The van der Waals surface area contributed by atoms with Crippen molar-refractivity contribution < 1.29 is 4.74 Å².